The summed E-state index contributed by atoms with van der Waals surface area (Å²) in [7, 11) is 0. The number of aromatic nitrogens is 1. The van der Waals surface area contributed by atoms with Gasteiger partial charge >= 0.3 is 0 Å². The molecule has 0 aliphatic rings. The maximum absolute atomic E-state index is 11.7. The Balaban J connectivity index is 2.02. The Morgan fingerprint density at radius 2 is 1.90 bits per heavy atom. The number of nitrogens with one attached hydrogen (secondary N) is 2. The van der Waals surface area contributed by atoms with Gasteiger partial charge in [0.15, 0.2) is 0 Å². The Kier molecular flexibility index (Phi) is 4.90. The zero-order valence-corrected chi connectivity index (χ0v) is 12.4. The molecule has 0 saturated carbocycles. The second-order valence-corrected chi connectivity index (χ2v) is 4.98. The highest BCUT2D eigenvalue weighted by molar-refractivity contribution is 9.10. The summed E-state index contributed by atoms with van der Waals surface area (Å²) in [6, 6.07) is 11.3. The molecule has 2 rings (SSSR count). The molecule has 4 nitrogen and oxygen atoms in total. The molecule has 102 valence electrons. The summed E-state index contributed by atoms with van der Waals surface area (Å²) in [6.45, 7) is 3.97. The van der Waals surface area contributed by atoms with Gasteiger partial charge < -0.3 is 10.6 Å². The smallest absolute Gasteiger partial charge is 0.270 e. The van der Waals surface area contributed by atoms with Crippen LogP contribution in [0.4, 0.5) is 11.4 Å². The van der Waals surface area contributed by atoms with Crippen LogP contribution in [0.2, 0.25) is 0 Å². The summed E-state index contributed by atoms with van der Waals surface area (Å²) in [4.78, 5) is 15.8. The van der Waals surface area contributed by atoms with Crippen molar-refractivity contribution in [2.75, 3.05) is 11.9 Å². The molecule has 2 N–H and O–H groups in total. The summed E-state index contributed by atoms with van der Waals surface area (Å²) in [6.07, 6.45) is 3.26. The molecule has 0 spiro atoms. The van der Waals surface area contributed by atoms with Gasteiger partial charge in [-0.1, -0.05) is 22.0 Å². The van der Waals surface area contributed by atoms with Gasteiger partial charge in [0.2, 0.25) is 0 Å². The monoisotopic (exact) mass is 331 g/mol. The van der Waals surface area contributed by atoms with Gasteiger partial charge in [-0.25, -0.2) is 4.98 Å². The molecule has 0 aliphatic heterocycles. The normalized spacial score (nSPS) is 9.85. The van der Waals surface area contributed by atoms with E-state index >= 15 is 0 Å². The van der Waals surface area contributed by atoms with Crippen molar-refractivity contribution in [1.29, 1.82) is 0 Å². The summed E-state index contributed by atoms with van der Waals surface area (Å²) >= 11 is 3.39. The van der Waals surface area contributed by atoms with Gasteiger partial charge in [-0.3, -0.25) is 4.79 Å². The Labute approximate surface area is 126 Å². The lowest BCUT2D eigenvalue weighted by molar-refractivity contribution is 0.0953. The zero-order chi connectivity index (χ0) is 14.4. The predicted octanol–water partition coefficient (Wildman–Crippen LogP) is 3.50. The molecule has 1 aromatic carbocycles. The first-order chi connectivity index (χ1) is 9.69. The minimum atomic E-state index is -0.208. The molecule has 2 aromatic rings. The van der Waals surface area contributed by atoms with Crippen molar-refractivity contribution in [3.05, 3.63) is 65.4 Å². The number of nitrogens with zero attached hydrogens (tertiary/aromatic N) is 1. The van der Waals surface area contributed by atoms with E-state index in [1.165, 1.54) is 0 Å². The number of carbonyl (C=O) groups excluding carboxylic acids is 1. The third kappa shape index (κ3) is 3.93. The van der Waals surface area contributed by atoms with Gasteiger partial charge in [-0.15, -0.1) is 6.58 Å². The predicted molar refractivity (Wildman–Crippen MR) is 84.2 cm³/mol. The maximum Gasteiger partial charge on any atom is 0.270 e. The lowest BCUT2D eigenvalue weighted by atomic mass is 10.3. The van der Waals surface area contributed by atoms with Crippen molar-refractivity contribution in [2.24, 2.45) is 0 Å². The molecule has 1 aromatic heterocycles. The van der Waals surface area contributed by atoms with Crippen LogP contribution in [0.3, 0.4) is 0 Å². The number of amides is 1. The fourth-order valence-electron chi connectivity index (χ4n) is 1.56. The second kappa shape index (κ2) is 6.86. The second-order valence-electron chi connectivity index (χ2n) is 4.06. The third-order valence-electron chi connectivity index (χ3n) is 2.54. The summed E-state index contributed by atoms with van der Waals surface area (Å²) in [5, 5.41) is 5.89. The Hall–Kier alpha value is -2.14. The topological polar surface area (TPSA) is 54.0 Å². The van der Waals surface area contributed by atoms with Gasteiger partial charge in [0.1, 0.15) is 5.69 Å². The van der Waals surface area contributed by atoms with E-state index in [1.54, 1.807) is 18.3 Å². The first-order valence-corrected chi connectivity index (χ1v) is 6.86. The third-order valence-corrected chi connectivity index (χ3v) is 3.06. The molecule has 5 heteroatoms. The molecule has 1 heterocycles. The van der Waals surface area contributed by atoms with E-state index in [-0.39, 0.29) is 5.91 Å². The van der Waals surface area contributed by atoms with Crippen LogP contribution in [0, 0.1) is 0 Å². The molecule has 0 unspecified atom stereocenters. The average Bonchev–Trinajstić information content (AvgIpc) is 2.48. The van der Waals surface area contributed by atoms with Crippen LogP contribution in [-0.2, 0) is 0 Å². The van der Waals surface area contributed by atoms with E-state index < -0.39 is 0 Å². The number of rotatable bonds is 5. The quantitative estimate of drug-likeness (QED) is 0.824. The van der Waals surface area contributed by atoms with E-state index in [0.717, 1.165) is 15.8 Å². The number of pyridine rings is 1. The van der Waals surface area contributed by atoms with Crippen LogP contribution in [0.15, 0.2) is 59.7 Å². The fraction of sp³-hybridized carbons (Fsp3) is 0.0667. The molecular weight excluding hydrogens is 318 g/mol. The van der Waals surface area contributed by atoms with Gasteiger partial charge in [0.25, 0.3) is 5.91 Å². The number of benzene rings is 1. The molecule has 0 fully saturated rings. The molecule has 0 aliphatic carbocycles. The Morgan fingerprint density at radius 1 is 1.20 bits per heavy atom. The molecule has 0 atom stereocenters. The minimum absolute atomic E-state index is 0.208. The maximum atomic E-state index is 11.7. The van der Waals surface area contributed by atoms with Crippen molar-refractivity contribution in [2.45, 2.75) is 0 Å². The average molecular weight is 332 g/mol. The SMILES string of the molecule is C=CCNC(=O)c1ccc(Nc2ccc(Br)cc2)cn1. The Bertz CT molecular complexity index is 594. The summed E-state index contributed by atoms with van der Waals surface area (Å²) in [5.41, 5.74) is 2.17. The Morgan fingerprint density at radius 3 is 2.50 bits per heavy atom. The van der Waals surface area contributed by atoms with E-state index in [2.05, 4.69) is 38.1 Å². The molecule has 0 radical (unpaired) electrons. The number of hydrogen-bond donors (Lipinski definition) is 2. The highest BCUT2D eigenvalue weighted by Gasteiger charge is 2.05. The molecular formula is C15H14BrN3O. The van der Waals surface area contributed by atoms with E-state index in [9.17, 15) is 4.79 Å². The number of hydrogen-bond acceptors (Lipinski definition) is 3. The van der Waals surface area contributed by atoms with Crippen LogP contribution in [0.1, 0.15) is 10.5 Å². The first kappa shape index (κ1) is 14.3. The van der Waals surface area contributed by atoms with Crippen molar-refractivity contribution in [3.8, 4) is 0 Å². The minimum Gasteiger partial charge on any atom is -0.354 e. The van der Waals surface area contributed by atoms with Crippen LogP contribution < -0.4 is 10.6 Å². The standard InChI is InChI=1S/C15H14BrN3O/c1-2-9-17-15(20)14-8-7-13(10-18-14)19-12-5-3-11(16)4-6-12/h2-8,10,19H,1,9H2,(H,17,20). The van der Waals surface area contributed by atoms with Crippen LogP contribution in [-0.4, -0.2) is 17.4 Å². The van der Waals surface area contributed by atoms with Crippen molar-refractivity contribution in [3.63, 3.8) is 0 Å². The number of anilines is 2. The number of carbonyl (C=O) groups is 1. The van der Waals surface area contributed by atoms with Crippen LogP contribution >= 0.6 is 15.9 Å². The fourth-order valence-corrected chi connectivity index (χ4v) is 1.82. The lowest BCUT2D eigenvalue weighted by Gasteiger charge is -2.07. The lowest BCUT2D eigenvalue weighted by Crippen LogP contribution is -2.24. The van der Waals surface area contributed by atoms with Gasteiger partial charge in [0, 0.05) is 16.7 Å². The van der Waals surface area contributed by atoms with E-state index in [1.807, 2.05) is 30.3 Å². The highest BCUT2D eigenvalue weighted by Crippen LogP contribution is 2.18. The zero-order valence-electron chi connectivity index (χ0n) is 10.8. The van der Waals surface area contributed by atoms with Gasteiger partial charge in [0.05, 0.1) is 11.9 Å². The number of halogens is 1. The van der Waals surface area contributed by atoms with Crippen molar-refractivity contribution >= 4 is 33.2 Å². The highest BCUT2D eigenvalue weighted by atomic mass is 79.9. The molecule has 0 bridgehead atoms. The largest absolute Gasteiger partial charge is 0.354 e. The van der Waals surface area contributed by atoms with Crippen molar-refractivity contribution < 1.29 is 4.79 Å². The van der Waals surface area contributed by atoms with Gasteiger partial charge in [-0.2, -0.15) is 0 Å². The van der Waals surface area contributed by atoms with E-state index in [0.29, 0.717) is 12.2 Å². The summed E-state index contributed by atoms with van der Waals surface area (Å²) < 4.78 is 1.02. The van der Waals surface area contributed by atoms with Crippen LogP contribution in [0.25, 0.3) is 0 Å². The summed E-state index contributed by atoms with van der Waals surface area (Å²) in [5.74, 6) is -0.208. The molecule has 20 heavy (non-hydrogen) atoms. The van der Waals surface area contributed by atoms with E-state index in [4.69, 9.17) is 0 Å². The van der Waals surface area contributed by atoms with Crippen molar-refractivity contribution in [1.82, 2.24) is 10.3 Å². The first-order valence-electron chi connectivity index (χ1n) is 6.07. The van der Waals surface area contributed by atoms with Crippen LogP contribution in [0.5, 0.6) is 0 Å². The molecule has 1 amide bonds. The van der Waals surface area contributed by atoms with Gasteiger partial charge in [-0.05, 0) is 36.4 Å². The molecule has 0 saturated heterocycles.